The Bertz CT molecular complexity index is 674. The molecule has 1 aromatic rings. The van der Waals surface area contributed by atoms with E-state index in [-0.39, 0.29) is 12.0 Å². The van der Waals surface area contributed by atoms with Crippen molar-refractivity contribution < 1.29 is 19.1 Å². The highest BCUT2D eigenvalue weighted by atomic mass is 16.6. The van der Waals surface area contributed by atoms with Gasteiger partial charge in [-0.15, -0.1) is 0 Å². The lowest BCUT2D eigenvalue weighted by atomic mass is 9.92. The van der Waals surface area contributed by atoms with Crippen LogP contribution in [0, 0.1) is 0 Å². The highest BCUT2D eigenvalue weighted by molar-refractivity contribution is 6.00. The SMILES string of the molecule is O=C1NC[C@]2(CCCN(C(=O)c3ccccc3N3CCOCC3)C2)O1. The molecule has 2 amide bonds. The Morgan fingerprint density at radius 3 is 2.72 bits per heavy atom. The molecule has 7 heteroatoms. The molecule has 3 saturated heterocycles. The Hall–Kier alpha value is -2.28. The monoisotopic (exact) mass is 345 g/mol. The molecular weight excluding hydrogens is 322 g/mol. The van der Waals surface area contributed by atoms with Gasteiger partial charge in [-0.05, 0) is 25.0 Å². The number of morpholine rings is 1. The van der Waals surface area contributed by atoms with Crippen LogP contribution in [-0.4, -0.2) is 68.4 Å². The van der Waals surface area contributed by atoms with E-state index in [2.05, 4.69) is 10.2 Å². The summed E-state index contributed by atoms with van der Waals surface area (Å²) < 4.78 is 10.9. The number of hydrogen-bond donors (Lipinski definition) is 1. The minimum atomic E-state index is -0.571. The highest BCUT2D eigenvalue weighted by Gasteiger charge is 2.45. The van der Waals surface area contributed by atoms with Gasteiger partial charge < -0.3 is 24.6 Å². The molecule has 134 valence electrons. The Kier molecular flexibility index (Phi) is 4.25. The van der Waals surface area contributed by atoms with Gasteiger partial charge in [-0.2, -0.15) is 0 Å². The molecule has 1 aromatic carbocycles. The maximum Gasteiger partial charge on any atom is 0.407 e. The van der Waals surface area contributed by atoms with Crippen LogP contribution in [0.25, 0.3) is 0 Å². The second-order valence-electron chi connectivity index (χ2n) is 6.87. The molecule has 1 atom stereocenters. The predicted molar refractivity (Wildman–Crippen MR) is 91.8 cm³/mol. The van der Waals surface area contributed by atoms with E-state index in [1.807, 2.05) is 29.2 Å². The number of amides is 2. The first-order chi connectivity index (χ1) is 12.2. The molecule has 0 aromatic heterocycles. The fourth-order valence-electron chi connectivity index (χ4n) is 3.91. The third kappa shape index (κ3) is 3.16. The highest BCUT2D eigenvalue weighted by Crippen LogP contribution is 2.30. The van der Waals surface area contributed by atoms with Gasteiger partial charge in [0.1, 0.15) is 5.60 Å². The van der Waals surface area contributed by atoms with Crippen molar-refractivity contribution in [3.8, 4) is 0 Å². The zero-order valence-corrected chi connectivity index (χ0v) is 14.2. The molecule has 3 fully saturated rings. The first-order valence-corrected chi connectivity index (χ1v) is 8.85. The zero-order valence-electron chi connectivity index (χ0n) is 14.2. The largest absolute Gasteiger partial charge is 0.439 e. The number of para-hydroxylation sites is 1. The van der Waals surface area contributed by atoms with Gasteiger partial charge in [-0.3, -0.25) is 4.79 Å². The van der Waals surface area contributed by atoms with Crippen LogP contribution < -0.4 is 10.2 Å². The van der Waals surface area contributed by atoms with Crippen LogP contribution in [-0.2, 0) is 9.47 Å². The quantitative estimate of drug-likeness (QED) is 0.873. The molecule has 7 nitrogen and oxygen atoms in total. The lowest BCUT2D eigenvalue weighted by Crippen LogP contribution is -2.52. The predicted octanol–water partition coefficient (Wildman–Crippen LogP) is 1.24. The number of ether oxygens (including phenoxy) is 2. The lowest BCUT2D eigenvalue weighted by Gasteiger charge is -2.39. The first kappa shape index (κ1) is 16.2. The van der Waals surface area contributed by atoms with E-state index in [1.54, 1.807) is 0 Å². The van der Waals surface area contributed by atoms with Crippen LogP contribution in [0.1, 0.15) is 23.2 Å². The van der Waals surface area contributed by atoms with Crippen molar-refractivity contribution in [3.63, 3.8) is 0 Å². The number of alkyl carbamates (subject to hydrolysis) is 1. The fraction of sp³-hybridized carbons (Fsp3) is 0.556. The minimum Gasteiger partial charge on any atom is -0.439 e. The molecule has 3 heterocycles. The maximum absolute atomic E-state index is 13.2. The van der Waals surface area contributed by atoms with Gasteiger partial charge in [-0.1, -0.05) is 12.1 Å². The number of carbonyl (C=O) groups excluding carboxylic acids is 2. The van der Waals surface area contributed by atoms with E-state index in [0.717, 1.165) is 31.6 Å². The van der Waals surface area contributed by atoms with Gasteiger partial charge in [0.2, 0.25) is 0 Å². The zero-order chi connectivity index (χ0) is 17.3. The molecule has 0 unspecified atom stereocenters. The smallest absolute Gasteiger partial charge is 0.407 e. The number of nitrogens with one attached hydrogen (secondary N) is 1. The molecule has 25 heavy (non-hydrogen) atoms. The van der Waals surface area contributed by atoms with Crippen LogP contribution in [0.5, 0.6) is 0 Å². The standard InChI is InChI=1S/C18H23N3O4/c22-16(21-7-3-6-18(13-21)12-19-17(23)25-18)14-4-1-2-5-15(14)20-8-10-24-11-9-20/h1-2,4-5H,3,6-13H2,(H,19,23)/t18-/m0/s1. The molecule has 1 spiro atoms. The summed E-state index contributed by atoms with van der Waals surface area (Å²) in [5, 5.41) is 2.72. The molecule has 4 rings (SSSR count). The summed E-state index contributed by atoms with van der Waals surface area (Å²) in [4.78, 5) is 28.7. The molecular formula is C18H23N3O4. The number of hydrogen-bond acceptors (Lipinski definition) is 5. The average Bonchev–Trinajstić information content (AvgIpc) is 3.01. The second-order valence-corrected chi connectivity index (χ2v) is 6.87. The third-order valence-corrected chi connectivity index (χ3v) is 5.18. The van der Waals surface area contributed by atoms with E-state index >= 15 is 0 Å². The van der Waals surface area contributed by atoms with Crippen molar-refractivity contribution in [2.45, 2.75) is 18.4 Å². The number of benzene rings is 1. The molecule has 0 aliphatic carbocycles. The molecule has 0 bridgehead atoms. The van der Waals surface area contributed by atoms with E-state index in [0.29, 0.717) is 38.4 Å². The van der Waals surface area contributed by atoms with Gasteiger partial charge >= 0.3 is 6.09 Å². The van der Waals surface area contributed by atoms with E-state index in [9.17, 15) is 9.59 Å². The first-order valence-electron chi connectivity index (χ1n) is 8.85. The summed E-state index contributed by atoms with van der Waals surface area (Å²) >= 11 is 0. The topological polar surface area (TPSA) is 71.1 Å². The van der Waals surface area contributed by atoms with Gasteiger partial charge in [0, 0.05) is 25.3 Å². The number of anilines is 1. The van der Waals surface area contributed by atoms with Gasteiger partial charge in [0.15, 0.2) is 0 Å². The lowest BCUT2D eigenvalue weighted by molar-refractivity contribution is -0.00502. The minimum absolute atomic E-state index is 0.00381. The normalized spacial score (nSPS) is 26.5. The summed E-state index contributed by atoms with van der Waals surface area (Å²) in [7, 11) is 0. The maximum atomic E-state index is 13.2. The number of likely N-dealkylation sites (tertiary alicyclic amines) is 1. The Morgan fingerprint density at radius 1 is 1.16 bits per heavy atom. The van der Waals surface area contributed by atoms with Crippen molar-refractivity contribution in [1.82, 2.24) is 10.2 Å². The summed E-state index contributed by atoms with van der Waals surface area (Å²) in [5.41, 5.74) is 1.09. The summed E-state index contributed by atoms with van der Waals surface area (Å²) in [5.74, 6) is 0.00381. The van der Waals surface area contributed by atoms with Crippen LogP contribution in [0.15, 0.2) is 24.3 Å². The van der Waals surface area contributed by atoms with Crippen LogP contribution in [0.3, 0.4) is 0 Å². The van der Waals surface area contributed by atoms with E-state index < -0.39 is 5.60 Å². The molecule has 0 radical (unpaired) electrons. The van der Waals surface area contributed by atoms with Crippen molar-refractivity contribution >= 4 is 17.7 Å². The van der Waals surface area contributed by atoms with Crippen molar-refractivity contribution in [1.29, 1.82) is 0 Å². The van der Waals surface area contributed by atoms with Gasteiger partial charge in [0.05, 0.1) is 31.9 Å². The number of piperidine rings is 1. The van der Waals surface area contributed by atoms with Gasteiger partial charge in [-0.25, -0.2) is 4.79 Å². The third-order valence-electron chi connectivity index (χ3n) is 5.18. The van der Waals surface area contributed by atoms with Crippen molar-refractivity contribution in [2.24, 2.45) is 0 Å². The average molecular weight is 345 g/mol. The van der Waals surface area contributed by atoms with Crippen LogP contribution >= 0.6 is 0 Å². The number of nitrogens with zero attached hydrogens (tertiary/aromatic N) is 2. The van der Waals surface area contributed by atoms with Crippen molar-refractivity contribution in [2.75, 3.05) is 50.8 Å². The van der Waals surface area contributed by atoms with Crippen molar-refractivity contribution in [3.05, 3.63) is 29.8 Å². The van der Waals surface area contributed by atoms with Crippen LogP contribution in [0.2, 0.25) is 0 Å². The Balaban J connectivity index is 1.55. The second kappa shape index (κ2) is 6.55. The number of rotatable bonds is 2. The molecule has 3 aliphatic rings. The number of carbonyl (C=O) groups is 2. The molecule has 0 saturated carbocycles. The summed E-state index contributed by atoms with van der Waals surface area (Å²) in [6.07, 6.45) is 1.24. The van der Waals surface area contributed by atoms with E-state index in [4.69, 9.17) is 9.47 Å². The van der Waals surface area contributed by atoms with Crippen LogP contribution in [0.4, 0.5) is 10.5 Å². The molecule has 1 N–H and O–H groups in total. The summed E-state index contributed by atoms with van der Waals surface area (Å²) in [6.45, 7) is 4.54. The Labute approximate surface area is 146 Å². The van der Waals surface area contributed by atoms with E-state index in [1.165, 1.54) is 0 Å². The Morgan fingerprint density at radius 2 is 1.96 bits per heavy atom. The van der Waals surface area contributed by atoms with Gasteiger partial charge in [0.25, 0.3) is 5.91 Å². The summed E-state index contributed by atoms with van der Waals surface area (Å²) in [6, 6.07) is 7.73. The fourth-order valence-corrected chi connectivity index (χ4v) is 3.91. The molecule has 3 aliphatic heterocycles.